The summed E-state index contributed by atoms with van der Waals surface area (Å²) < 4.78 is 0. The number of Topliss-reactive ketones (excluding diaryl/α,β-unsaturated/α-hetero) is 1. The average molecular weight is 387 g/mol. The van der Waals surface area contributed by atoms with Gasteiger partial charge in [-0.2, -0.15) is 0 Å². The number of carbonyl (C=O) groups excluding carboxylic acids is 3. The van der Waals surface area contributed by atoms with Crippen molar-refractivity contribution >= 4 is 29.2 Å². The van der Waals surface area contributed by atoms with Crippen LogP contribution in [0.2, 0.25) is 5.02 Å². The summed E-state index contributed by atoms with van der Waals surface area (Å²) >= 11 is 5.89. The van der Waals surface area contributed by atoms with Crippen molar-refractivity contribution in [3.8, 4) is 0 Å². The van der Waals surface area contributed by atoms with Crippen molar-refractivity contribution in [1.29, 1.82) is 0 Å². The van der Waals surface area contributed by atoms with Gasteiger partial charge in [0, 0.05) is 29.5 Å². The highest BCUT2D eigenvalue weighted by atomic mass is 35.5. The molecule has 0 saturated carbocycles. The highest BCUT2D eigenvalue weighted by Crippen LogP contribution is 2.15. The molecule has 0 bridgehead atoms. The maximum absolute atomic E-state index is 12.5. The quantitative estimate of drug-likeness (QED) is 0.679. The van der Waals surface area contributed by atoms with E-state index < -0.39 is 6.04 Å². The first kappa shape index (κ1) is 20.6. The molecule has 0 fully saturated rings. The molecule has 0 aliphatic heterocycles. The number of rotatable bonds is 8. The fraction of sp³-hybridized carbons (Fsp3) is 0.286. The molecule has 2 rings (SSSR count). The van der Waals surface area contributed by atoms with Crippen LogP contribution < -0.4 is 10.6 Å². The topological polar surface area (TPSA) is 75.3 Å². The Balaban J connectivity index is 2.01. The zero-order chi connectivity index (χ0) is 19.8. The van der Waals surface area contributed by atoms with E-state index in [0.29, 0.717) is 16.1 Å². The van der Waals surface area contributed by atoms with Crippen molar-refractivity contribution < 1.29 is 14.4 Å². The van der Waals surface area contributed by atoms with Gasteiger partial charge in [0.25, 0.3) is 0 Å². The Kier molecular flexibility index (Phi) is 7.55. The van der Waals surface area contributed by atoms with Crippen LogP contribution in [-0.4, -0.2) is 23.6 Å². The summed E-state index contributed by atoms with van der Waals surface area (Å²) in [4.78, 5) is 37.0. The van der Waals surface area contributed by atoms with Crippen molar-refractivity contribution in [3.63, 3.8) is 0 Å². The van der Waals surface area contributed by atoms with Gasteiger partial charge in [-0.05, 0) is 31.5 Å². The molecular weight excluding hydrogens is 364 g/mol. The lowest BCUT2D eigenvalue weighted by atomic mass is 10.0. The summed E-state index contributed by atoms with van der Waals surface area (Å²) in [5.74, 6) is -0.820. The number of benzene rings is 2. The number of hydrogen-bond donors (Lipinski definition) is 2. The molecule has 0 aromatic heterocycles. The van der Waals surface area contributed by atoms with Gasteiger partial charge < -0.3 is 10.6 Å². The highest BCUT2D eigenvalue weighted by Gasteiger charge is 2.23. The second kappa shape index (κ2) is 9.88. The SMILES string of the molecule is CC(C)NC(=O)C(NC(=O)CCC(=O)c1cccc(Cl)c1)c1ccccc1. The minimum atomic E-state index is -0.803. The normalized spacial score (nSPS) is 11.7. The second-order valence-corrected chi connectivity index (χ2v) is 6.94. The van der Waals surface area contributed by atoms with Crippen LogP contribution in [0.4, 0.5) is 0 Å². The van der Waals surface area contributed by atoms with E-state index in [1.165, 1.54) is 0 Å². The fourth-order valence-electron chi connectivity index (χ4n) is 2.58. The van der Waals surface area contributed by atoms with Gasteiger partial charge in [0.05, 0.1) is 0 Å². The fourth-order valence-corrected chi connectivity index (χ4v) is 2.77. The largest absolute Gasteiger partial charge is 0.352 e. The Morgan fingerprint density at radius 2 is 1.63 bits per heavy atom. The lowest BCUT2D eigenvalue weighted by Gasteiger charge is -2.20. The lowest BCUT2D eigenvalue weighted by Crippen LogP contribution is -2.42. The summed E-state index contributed by atoms with van der Waals surface area (Å²) in [6, 6.07) is 14.8. The number of amides is 2. The third-order valence-electron chi connectivity index (χ3n) is 3.86. The lowest BCUT2D eigenvalue weighted by molar-refractivity contribution is -0.129. The van der Waals surface area contributed by atoms with E-state index >= 15 is 0 Å². The molecule has 0 spiro atoms. The third kappa shape index (κ3) is 6.53. The molecular formula is C21H23ClN2O3. The standard InChI is InChI=1S/C21H23ClN2O3/c1-14(2)23-21(27)20(15-7-4-3-5-8-15)24-19(26)12-11-18(25)16-9-6-10-17(22)13-16/h3-10,13-14,20H,11-12H2,1-2H3,(H,23,27)(H,24,26). The summed E-state index contributed by atoms with van der Waals surface area (Å²) in [6.07, 6.45) is 0.0309. The Labute approximate surface area is 164 Å². The molecule has 5 nitrogen and oxygen atoms in total. The molecule has 6 heteroatoms. The van der Waals surface area contributed by atoms with Crippen LogP contribution >= 0.6 is 11.6 Å². The zero-order valence-corrected chi connectivity index (χ0v) is 16.1. The summed E-state index contributed by atoms with van der Waals surface area (Å²) in [7, 11) is 0. The van der Waals surface area contributed by atoms with E-state index in [9.17, 15) is 14.4 Å². The van der Waals surface area contributed by atoms with Gasteiger partial charge in [0.15, 0.2) is 5.78 Å². The van der Waals surface area contributed by atoms with E-state index in [1.807, 2.05) is 19.9 Å². The number of carbonyl (C=O) groups is 3. The third-order valence-corrected chi connectivity index (χ3v) is 4.09. The molecule has 2 amide bonds. The summed E-state index contributed by atoms with van der Waals surface area (Å²) in [5.41, 5.74) is 1.15. The van der Waals surface area contributed by atoms with Crippen molar-refractivity contribution in [2.24, 2.45) is 0 Å². The molecule has 0 aliphatic rings. The van der Waals surface area contributed by atoms with Crippen LogP contribution in [0.25, 0.3) is 0 Å². The summed E-state index contributed by atoms with van der Waals surface area (Å²) in [6.45, 7) is 3.71. The van der Waals surface area contributed by atoms with Crippen molar-refractivity contribution in [1.82, 2.24) is 10.6 Å². The number of ketones is 1. The van der Waals surface area contributed by atoms with Crippen LogP contribution in [0.1, 0.15) is 48.7 Å². The smallest absolute Gasteiger partial charge is 0.247 e. The Morgan fingerprint density at radius 3 is 2.26 bits per heavy atom. The second-order valence-electron chi connectivity index (χ2n) is 6.51. The van der Waals surface area contributed by atoms with Crippen LogP contribution in [0.5, 0.6) is 0 Å². The van der Waals surface area contributed by atoms with Gasteiger partial charge >= 0.3 is 0 Å². The van der Waals surface area contributed by atoms with E-state index in [2.05, 4.69) is 10.6 Å². The predicted octanol–water partition coefficient (Wildman–Crippen LogP) is 3.69. The van der Waals surface area contributed by atoms with Crippen LogP contribution in [-0.2, 0) is 9.59 Å². The van der Waals surface area contributed by atoms with E-state index in [-0.39, 0.29) is 36.5 Å². The molecule has 0 aliphatic carbocycles. The molecule has 1 unspecified atom stereocenters. The zero-order valence-electron chi connectivity index (χ0n) is 15.4. The van der Waals surface area contributed by atoms with Crippen LogP contribution in [0, 0.1) is 0 Å². The van der Waals surface area contributed by atoms with Gasteiger partial charge in [-0.25, -0.2) is 0 Å². The number of halogens is 1. The maximum Gasteiger partial charge on any atom is 0.247 e. The van der Waals surface area contributed by atoms with Gasteiger partial charge in [0.1, 0.15) is 6.04 Å². The summed E-state index contributed by atoms with van der Waals surface area (Å²) in [5, 5.41) is 6.01. The Bertz CT molecular complexity index is 806. The molecule has 0 radical (unpaired) electrons. The molecule has 2 N–H and O–H groups in total. The first-order valence-electron chi connectivity index (χ1n) is 8.80. The first-order chi connectivity index (χ1) is 12.9. The molecule has 0 heterocycles. The van der Waals surface area contributed by atoms with Gasteiger partial charge in [0.2, 0.25) is 11.8 Å². The van der Waals surface area contributed by atoms with E-state index in [1.54, 1.807) is 48.5 Å². The molecule has 2 aromatic carbocycles. The minimum Gasteiger partial charge on any atom is -0.352 e. The Hall–Kier alpha value is -2.66. The highest BCUT2D eigenvalue weighted by molar-refractivity contribution is 6.31. The van der Waals surface area contributed by atoms with Crippen molar-refractivity contribution in [3.05, 3.63) is 70.7 Å². The van der Waals surface area contributed by atoms with Crippen molar-refractivity contribution in [2.45, 2.75) is 38.8 Å². The average Bonchev–Trinajstić information content (AvgIpc) is 2.64. The van der Waals surface area contributed by atoms with Crippen LogP contribution in [0.15, 0.2) is 54.6 Å². The van der Waals surface area contributed by atoms with Crippen LogP contribution in [0.3, 0.4) is 0 Å². The maximum atomic E-state index is 12.5. The van der Waals surface area contributed by atoms with Gasteiger partial charge in [-0.1, -0.05) is 54.1 Å². The van der Waals surface area contributed by atoms with Gasteiger partial charge in [-0.3, -0.25) is 14.4 Å². The molecule has 2 aromatic rings. The molecule has 1 atom stereocenters. The molecule has 142 valence electrons. The molecule has 27 heavy (non-hydrogen) atoms. The number of nitrogens with one attached hydrogen (secondary N) is 2. The monoisotopic (exact) mass is 386 g/mol. The van der Waals surface area contributed by atoms with Gasteiger partial charge in [-0.15, -0.1) is 0 Å². The minimum absolute atomic E-state index is 0.0103. The van der Waals surface area contributed by atoms with E-state index in [4.69, 9.17) is 11.6 Å². The Morgan fingerprint density at radius 1 is 0.926 bits per heavy atom. The predicted molar refractivity (Wildman–Crippen MR) is 106 cm³/mol. The number of hydrogen-bond acceptors (Lipinski definition) is 3. The first-order valence-corrected chi connectivity index (χ1v) is 9.18. The molecule has 0 saturated heterocycles. The van der Waals surface area contributed by atoms with Crippen molar-refractivity contribution in [2.75, 3.05) is 0 Å². The van der Waals surface area contributed by atoms with E-state index in [0.717, 1.165) is 0 Å².